The summed E-state index contributed by atoms with van der Waals surface area (Å²) in [6.45, 7) is 3.34. The lowest BCUT2D eigenvalue weighted by Gasteiger charge is -2.43. The molecule has 0 saturated carbocycles. The number of carboxylic acids is 1. The van der Waals surface area contributed by atoms with E-state index < -0.39 is 17.2 Å². The Morgan fingerprint density at radius 2 is 2.24 bits per heavy atom. The smallest absolute Gasteiger partial charge is 0.310 e. The van der Waals surface area contributed by atoms with Crippen molar-refractivity contribution in [2.45, 2.75) is 38.8 Å². The van der Waals surface area contributed by atoms with E-state index in [4.69, 9.17) is 4.42 Å². The summed E-state index contributed by atoms with van der Waals surface area (Å²) in [4.78, 5) is 23.3. The maximum atomic E-state index is 14.7. The van der Waals surface area contributed by atoms with Crippen molar-refractivity contribution < 1.29 is 18.7 Å². The van der Waals surface area contributed by atoms with Gasteiger partial charge in [0, 0.05) is 36.0 Å². The average molecular weight is 481 g/mol. The molecule has 4 heterocycles. The zero-order valence-electron chi connectivity index (χ0n) is 18.7. The molecule has 7 nitrogen and oxygen atoms in total. The third-order valence-electron chi connectivity index (χ3n) is 6.69. The van der Waals surface area contributed by atoms with E-state index in [0.29, 0.717) is 36.9 Å². The Kier molecular flexibility index (Phi) is 6.05. The van der Waals surface area contributed by atoms with Gasteiger partial charge in [-0.05, 0) is 56.1 Å². The minimum atomic E-state index is -1.08. The second-order valence-electron chi connectivity index (χ2n) is 8.87. The normalized spacial score (nSPS) is 21.1. The molecular weight excluding hydrogens is 455 g/mol. The Balaban J connectivity index is 1.34. The van der Waals surface area contributed by atoms with Crippen molar-refractivity contribution in [1.29, 1.82) is 0 Å². The lowest BCUT2D eigenvalue weighted by atomic mass is 9.72. The van der Waals surface area contributed by atoms with E-state index >= 15 is 0 Å². The predicted octanol–water partition coefficient (Wildman–Crippen LogP) is 5.47. The number of aromatic nitrogens is 2. The standard InChI is InChI=1S/C25H25FN4O3S/c1-16-13-25(23(31)32,8-10-30(16)15-17-3-2-4-21-18(17)7-11-33-21)14-20-19(26)5-6-22(28-20)29-24-27-9-12-34-24/h2-7,9,11-12,16H,8,10,13-15H2,1H3,(H,31,32)(H,27,28,29). The third kappa shape index (κ3) is 4.41. The topological polar surface area (TPSA) is 91.5 Å². The molecular formula is C25H25FN4O3S. The molecule has 2 atom stereocenters. The Morgan fingerprint density at radius 1 is 1.35 bits per heavy atom. The molecule has 176 valence electrons. The minimum absolute atomic E-state index is 0.00620. The van der Waals surface area contributed by atoms with Crippen molar-refractivity contribution in [2.24, 2.45) is 5.41 Å². The quantitative estimate of drug-likeness (QED) is 0.363. The number of thiazole rings is 1. The fraction of sp³-hybridized carbons (Fsp3) is 0.320. The fourth-order valence-electron chi connectivity index (χ4n) is 4.85. The summed E-state index contributed by atoms with van der Waals surface area (Å²) in [5, 5.41) is 16.8. The molecule has 0 radical (unpaired) electrons. The van der Waals surface area contributed by atoms with Gasteiger partial charge in [0.25, 0.3) is 0 Å². The molecule has 0 aliphatic carbocycles. The van der Waals surface area contributed by atoms with E-state index in [9.17, 15) is 14.3 Å². The summed E-state index contributed by atoms with van der Waals surface area (Å²) >= 11 is 1.41. The van der Waals surface area contributed by atoms with Crippen molar-refractivity contribution in [2.75, 3.05) is 11.9 Å². The van der Waals surface area contributed by atoms with Gasteiger partial charge in [0.15, 0.2) is 5.13 Å². The summed E-state index contributed by atoms with van der Waals surface area (Å²) in [5.74, 6) is -0.951. The largest absolute Gasteiger partial charge is 0.481 e. The number of carboxylic acid groups (broad SMARTS) is 1. The first-order chi connectivity index (χ1) is 16.4. The summed E-state index contributed by atoms with van der Waals surface area (Å²) in [5.41, 5.74) is 1.07. The van der Waals surface area contributed by atoms with Crippen LogP contribution in [0.15, 0.2) is 58.7 Å². The van der Waals surface area contributed by atoms with Crippen LogP contribution in [0.2, 0.25) is 0 Å². The number of carbonyl (C=O) groups is 1. The van der Waals surface area contributed by atoms with Gasteiger partial charge in [0.1, 0.15) is 17.2 Å². The number of furan rings is 1. The molecule has 1 aliphatic rings. The van der Waals surface area contributed by atoms with E-state index in [-0.39, 0.29) is 18.2 Å². The first-order valence-electron chi connectivity index (χ1n) is 11.2. The van der Waals surface area contributed by atoms with Crippen LogP contribution in [0.25, 0.3) is 11.0 Å². The minimum Gasteiger partial charge on any atom is -0.481 e. The summed E-state index contributed by atoms with van der Waals surface area (Å²) < 4.78 is 20.2. The monoisotopic (exact) mass is 480 g/mol. The van der Waals surface area contributed by atoms with E-state index in [1.54, 1.807) is 12.5 Å². The van der Waals surface area contributed by atoms with Gasteiger partial charge in [-0.3, -0.25) is 9.69 Å². The van der Waals surface area contributed by atoms with Crippen molar-refractivity contribution in [3.05, 3.63) is 71.3 Å². The lowest BCUT2D eigenvalue weighted by molar-refractivity contribution is -0.153. The summed E-state index contributed by atoms with van der Waals surface area (Å²) in [6.07, 6.45) is 4.21. The molecule has 1 saturated heterocycles. The Labute approximate surface area is 200 Å². The van der Waals surface area contributed by atoms with Crippen molar-refractivity contribution in [3.8, 4) is 0 Å². The van der Waals surface area contributed by atoms with Crippen molar-refractivity contribution in [3.63, 3.8) is 0 Å². The molecule has 1 fully saturated rings. The van der Waals surface area contributed by atoms with Crippen LogP contribution in [0.3, 0.4) is 0 Å². The second-order valence-corrected chi connectivity index (χ2v) is 9.77. The number of likely N-dealkylation sites (tertiary alicyclic amines) is 1. The maximum Gasteiger partial charge on any atom is 0.310 e. The summed E-state index contributed by atoms with van der Waals surface area (Å²) in [7, 11) is 0. The van der Waals surface area contributed by atoms with Crippen LogP contribution in [0.1, 0.15) is 31.0 Å². The number of pyridine rings is 1. The van der Waals surface area contributed by atoms with Gasteiger partial charge in [-0.15, -0.1) is 11.3 Å². The highest BCUT2D eigenvalue weighted by atomic mass is 32.1. The molecule has 3 aromatic heterocycles. The maximum absolute atomic E-state index is 14.7. The number of halogens is 1. The first kappa shape index (κ1) is 22.5. The zero-order chi connectivity index (χ0) is 23.7. The molecule has 1 aromatic carbocycles. The third-order valence-corrected chi connectivity index (χ3v) is 7.38. The van der Waals surface area contributed by atoms with E-state index in [1.807, 2.05) is 30.5 Å². The van der Waals surface area contributed by atoms with E-state index in [2.05, 4.69) is 26.3 Å². The van der Waals surface area contributed by atoms with Gasteiger partial charge < -0.3 is 14.8 Å². The number of hydrogen-bond donors (Lipinski definition) is 2. The van der Waals surface area contributed by atoms with Gasteiger partial charge in [0.05, 0.1) is 17.4 Å². The van der Waals surface area contributed by atoms with E-state index in [0.717, 1.165) is 16.5 Å². The number of nitrogens with one attached hydrogen (secondary N) is 1. The van der Waals surface area contributed by atoms with Crippen LogP contribution in [0.5, 0.6) is 0 Å². The molecule has 5 rings (SSSR count). The van der Waals surface area contributed by atoms with Crippen LogP contribution in [-0.4, -0.2) is 38.5 Å². The van der Waals surface area contributed by atoms with Crippen LogP contribution in [0, 0.1) is 11.2 Å². The Morgan fingerprint density at radius 3 is 3.00 bits per heavy atom. The number of nitrogens with zero attached hydrogens (tertiary/aromatic N) is 3. The van der Waals surface area contributed by atoms with Gasteiger partial charge in [-0.2, -0.15) is 0 Å². The number of fused-ring (bicyclic) bond motifs is 1. The average Bonchev–Trinajstić information content (AvgIpc) is 3.50. The SMILES string of the molecule is CC1CC(Cc2nc(Nc3nccs3)ccc2F)(C(=O)O)CCN1Cc1cccc2occc12. The second kappa shape index (κ2) is 9.15. The summed E-state index contributed by atoms with van der Waals surface area (Å²) in [6, 6.07) is 10.8. The molecule has 34 heavy (non-hydrogen) atoms. The molecule has 2 N–H and O–H groups in total. The van der Waals surface area contributed by atoms with E-state index in [1.165, 1.54) is 23.5 Å². The zero-order valence-corrected chi connectivity index (χ0v) is 19.5. The van der Waals surface area contributed by atoms with Gasteiger partial charge in [-0.25, -0.2) is 14.4 Å². The fourth-order valence-corrected chi connectivity index (χ4v) is 5.38. The molecule has 2 unspecified atom stereocenters. The van der Waals surface area contributed by atoms with Gasteiger partial charge >= 0.3 is 5.97 Å². The first-order valence-corrected chi connectivity index (χ1v) is 12.1. The molecule has 0 spiro atoms. The van der Waals surface area contributed by atoms with Crippen molar-refractivity contribution in [1.82, 2.24) is 14.9 Å². The van der Waals surface area contributed by atoms with Gasteiger partial charge in [-0.1, -0.05) is 12.1 Å². The Hall–Kier alpha value is -3.30. The van der Waals surface area contributed by atoms with Crippen LogP contribution in [0.4, 0.5) is 15.3 Å². The number of hydrogen-bond acceptors (Lipinski definition) is 7. The van der Waals surface area contributed by atoms with Gasteiger partial charge in [0.2, 0.25) is 0 Å². The number of benzene rings is 1. The molecule has 9 heteroatoms. The lowest BCUT2D eigenvalue weighted by Crippen LogP contribution is -2.49. The molecule has 4 aromatic rings. The molecule has 0 bridgehead atoms. The van der Waals surface area contributed by atoms with Crippen LogP contribution < -0.4 is 5.32 Å². The van der Waals surface area contributed by atoms with Crippen LogP contribution >= 0.6 is 11.3 Å². The highest BCUT2D eigenvalue weighted by Gasteiger charge is 2.45. The van der Waals surface area contributed by atoms with Crippen LogP contribution in [-0.2, 0) is 17.8 Å². The Bertz CT molecular complexity index is 1310. The molecule has 1 aliphatic heterocycles. The number of aliphatic carboxylic acids is 1. The van der Waals surface area contributed by atoms with Crippen molar-refractivity contribution >= 4 is 39.2 Å². The number of rotatable bonds is 7. The highest BCUT2D eigenvalue weighted by Crippen LogP contribution is 2.39. The highest BCUT2D eigenvalue weighted by molar-refractivity contribution is 7.13. The predicted molar refractivity (Wildman–Crippen MR) is 129 cm³/mol. The molecule has 0 amide bonds. The number of anilines is 2. The number of piperidine rings is 1.